The van der Waals surface area contributed by atoms with Gasteiger partial charge in [-0.1, -0.05) is 12.1 Å². The highest BCUT2D eigenvalue weighted by molar-refractivity contribution is 5.93. The SMILES string of the molecule is CC(=O)C[C@H](CCN1CCCC(C)(F)C1)NC(=O)c1cn(-c2ccccc2C(F)(F)F)c(C2CC(F)(F)C2)n1. The Morgan fingerprint density at radius 2 is 1.87 bits per heavy atom. The van der Waals surface area contributed by atoms with E-state index in [1.165, 1.54) is 32.0 Å². The van der Waals surface area contributed by atoms with Crippen molar-refractivity contribution in [3.05, 3.63) is 47.5 Å². The van der Waals surface area contributed by atoms with Crippen molar-refractivity contribution in [3.8, 4) is 5.69 Å². The van der Waals surface area contributed by atoms with Crippen LogP contribution in [-0.4, -0.2) is 63.4 Å². The average molecular weight is 559 g/mol. The molecule has 0 radical (unpaired) electrons. The van der Waals surface area contributed by atoms with Crippen LogP contribution >= 0.6 is 0 Å². The van der Waals surface area contributed by atoms with E-state index in [1.54, 1.807) is 0 Å². The number of nitrogens with zero attached hydrogens (tertiary/aromatic N) is 3. The summed E-state index contributed by atoms with van der Waals surface area (Å²) in [7, 11) is 0. The number of aromatic nitrogens is 2. The molecule has 1 unspecified atom stereocenters. The molecule has 1 aromatic heterocycles. The molecule has 214 valence electrons. The summed E-state index contributed by atoms with van der Waals surface area (Å²) in [5, 5.41) is 2.73. The van der Waals surface area contributed by atoms with Crippen molar-refractivity contribution in [1.82, 2.24) is 19.8 Å². The molecule has 2 atom stereocenters. The minimum Gasteiger partial charge on any atom is -0.347 e. The van der Waals surface area contributed by atoms with E-state index in [0.717, 1.165) is 16.8 Å². The van der Waals surface area contributed by atoms with E-state index in [0.29, 0.717) is 32.4 Å². The second-order valence-corrected chi connectivity index (χ2v) is 11.0. The molecule has 1 N–H and O–H groups in total. The molecule has 39 heavy (non-hydrogen) atoms. The molecule has 1 saturated carbocycles. The first-order chi connectivity index (χ1) is 18.1. The summed E-state index contributed by atoms with van der Waals surface area (Å²) < 4.78 is 84.0. The van der Waals surface area contributed by atoms with Crippen LogP contribution in [0.4, 0.5) is 26.3 Å². The second-order valence-electron chi connectivity index (χ2n) is 11.0. The van der Waals surface area contributed by atoms with E-state index >= 15 is 0 Å². The van der Waals surface area contributed by atoms with E-state index < -0.39 is 54.0 Å². The fraction of sp³-hybridized carbons (Fsp3) is 0.593. The summed E-state index contributed by atoms with van der Waals surface area (Å²) in [6.45, 7) is 4.28. The lowest BCUT2D eigenvalue weighted by Gasteiger charge is -2.35. The number of rotatable bonds is 9. The lowest BCUT2D eigenvalue weighted by Crippen LogP contribution is -2.46. The fourth-order valence-electron chi connectivity index (χ4n) is 5.41. The van der Waals surface area contributed by atoms with Gasteiger partial charge in [-0.05, 0) is 51.8 Å². The second kappa shape index (κ2) is 10.9. The van der Waals surface area contributed by atoms with Gasteiger partial charge in [0.1, 0.15) is 23.0 Å². The summed E-state index contributed by atoms with van der Waals surface area (Å²) >= 11 is 0. The first-order valence-electron chi connectivity index (χ1n) is 13.0. The molecule has 6 nitrogen and oxygen atoms in total. The molecule has 2 heterocycles. The molecule has 12 heteroatoms. The molecule has 1 aromatic carbocycles. The highest BCUT2D eigenvalue weighted by atomic mass is 19.4. The first kappa shape index (κ1) is 29.1. The zero-order valence-corrected chi connectivity index (χ0v) is 21.8. The molecule has 2 aliphatic rings. The van der Waals surface area contributed by atoms with Crippen LogP contribution in [0.3, 0.4) is 0 Å². The monoisotopic (exact) mass is 558 g/mol. The Balaban J connectivity index is 1.57. The number of nitrogens with one attached hydrogen (secondary N) is 1. The van der Waals surface area contributed by atoms with Gasteiger partial charge in [0.2, 0.25) is 5.92 Å². The number of imidazole rings is 1. The van der Waals surface area contributed by atoms with E-state index in [9.17, 15) is 35.9 Å². The minimum absolute atomic E-state index is 0.00575. The Bertz CT molecular complexity index is 1200. The van der Waals surface area contributed by atoms with Crippen molar-refractivity contribution >= 4 is 11.7 Å². The van der Waals surface area contributed by atoms with Crippen molar-refractivity contribution in [3.63, 3.8) is 0 Å². The Morgan fingerprint density at radius 1 is 1.18 bits per heavy atom. The highest BCUT2D eigenvalue weighted by Crippen LogP contribution is 2.48. The molecule has 2 aromatic rings. The maximum atomic E-state index is 14.4. The first-order valence-corrected chi connectivity index (χ1v) is 13.0. The highest BCUT2D eigenvalue weighted by Gasteiger charge is 2.48. The summed E-state index contributed by atoms with van der Waals surface area (Å²) in [5.74, 6) is -4.75. The van der Waals surface area contributed by atoms with Crippen molar-refractivity contribution in [1.29, 1.82) is 0 Å². The van der Waals surface area contributed by atoms with Gasteiger partial charge < -0.3 is 14.8 Å². The molecule has 0 bridgehead atoms. The van der Waals surface area contributed by atoms with Crippen molar-refractivity contribution < 1.29 is 35.9 Å². The quantitative estimate of drug-likeness (QED) is 0.402. The summed E-state index contributed by atoms with van der Waals surface area (Å²) in [4.78, 5) is 31.2. The molecule has 4 rings (SSSR count). The average Bonchev–Trinajstić information content (AvgIpc) is 3.25. The van der Waals surface area contributed by atoms with Crippen LogP contribution in [0.1, 0.15) is 80.2 Å². The van der Waals surface area contributed by atoms with Crippen molar-refractivity contribution in [2.45, 2.75) is 82.1 Å². The van der Waals surface area contributed by atoms with Gasteiger partial charge in [-0.2, -0.15) is 13.2 Å². The lowest BCUT2D eigenvalue weighted by atomic mass is 9.80. The van der Waals surface area contributed by atoms with Gasteiger partial charge in [0.05, 0.1) is 11.3 Å². The molecule has 1 amide bonds. The van der Waals surface area contributed by atoms with E-state index in [4.69, 9.17) is 0 Å². The van der Waals surface area contributed by atoms with Gasteiger partial charge >= 0.3 is 6.18 Å². The summed E-state index contributed by atoms with van der Waals surface area (Å²) in [5.41, 5.74) is -2.86. The molecule has 1 aliphatic heterocycles. The number of carbonyl (C=O) groups excluding carboxylic acids is 2. The predicted molar refractivity (Wildman–Crippen MR) is 132 cm³/mol. The lowest BCUT2D eigenvalue weighted by molar-refractivity contribution is -0.137. The maximum Gasteiger partial charge on any atom is 0.418 e. The molecular weight excluding hydrogens is 526 g/mol. The number of piperidine rings is 1. The van der Waals surface area contributed by atoms with Crippen LogP contribution in [0.5, 0.6) is 0 Å². The van der Waals surface area contributed by atoms with Crippen LogP contribution in [0.25, 0.3) is 5.69 Å². The van der Waals surface area contributed by atoms with Gasteiger partial charge in [0.15, 0.2) is 0 Å². The van der Waals surface area contributed by atoms with Gasteiger partial charge in [0, 0.05) is 50.5 Å². The zero-order chi connectivity index (χ0) is 28.6. The summed E-state index contributed by atoms with van der Waals surface area (Å²) in [6, 6.07) is 4.05. The smallest absolute Gasteiger partial charge is 0.347 e. The topological polar surface area (TPSA) is 67.2 Å². The van der Waals surface area contributed by atoms with Crippen LogP contribution in [0, 0.1) is 0 Å². The number of alkyl halides is 6. The number of amides is 1. The standard InChI is InChI=1S/C27H32F6N4O2/c1-17(38)12-19(8-11-36-10-5-9-25(2,28)16-36)34-24(39)21-15-37(23(35-21)18-13-26(29,30)14-18)22-7-4-3-6-20(22)27(31,32)33/h3-4,6-7,15,18-19H,5,8-14,16H2,1-2H3,(H,34,39)/t19-,25?/m0/s1. The molecule has 1 saturated heterocycles. The van der Waals surface area contributed by atoms with Gasteiger partial charge in [-0.3, -0.25) is 9.59 Å². The Hall–Kier alpha value is -2.89. The largest absolute Gasteiger partial charge is 0.418 e. The predicted octanol–water partition coefficient (Wildman–Crippen LogP) is 5.70. The number of carbonyl (C=O) groups is 2. The Labute approximate surface area is 222 Å². The molecule has 1 aliphatic carbocycles. The number of hydrogen-bond donors (Lipinski definition) is 1. The third-order valence-electron chi connectivity index (χ3n) is 7.28. The molecule has 0 spiro atoms. The summed E-state index contributed by atoms with van der Waals surface area (Å²) in [6.07, 6.45) is -3.27. The number of para-hydroxylation sites is 1. The third-order valence-corrected chi connectivity index (χ3v) is 7.28. The van der Waals surface area contributed by atoms with Gasteiger partial charge in [-0.25, -0.2) is 18.2 Å². The third kappa shape index (κ3) is 7.20. The number of benzene rings is 1. The van der Waals surface area contributed by atoms with Crippen LogP contribution in [0.2, 0.25) is 0 Å². The number of Topliss-reactive ketones (excluding diaryl/α,β-unsaturated/α-hetero) is 1. The van der Waals surface area contributed by atoms with E-state index in [-0.39, 0.29) is 36.0 Å². The molecule has 2 fully saturated rings. The van der Waals surface area contributed by atoms with Gasteiger partial charge in [0.25, 0.3) is 5.91 Å². The van der Waals surface area contributed by atoms with E-state index in [1.807, 2.05) is 4.90 Å². The Morgan fingerprint density at radius 3 is 2.49 bits per heavy atom. The molecular formula is C27H32F6N4O2. The van der Waals surface area contributed by atoms with Crippen LogP contribution in [0.15, 0.2) is 30.5 Å². The van der Waals surface area contributed by atoms with Crippen molar-refractivity contribution in [2.24, 2.45) is 0 Å². The van der Waals surface area contributed by atoms with Crippen LogP contribution < -0.4 is 5.32 Å². The zero-order valence-electron chi connectivity index (χ0n) is 21.8. The fourth-order valence-corrected chi connectivity index (χ4v) is 5.41. The maximum absolute atomic E-state index is 14.4. The van der Waals surface area contributed by atoms with Crippen LogP contribution in [-0.2, 0) is 11.0 Å². The number of likely N-dealkylation sites (tertiary alicyclic amines) is 1. The normalized spacial score (nSPS) is 22.8. The van der Waals surface area contributed by atoms with Crippen molar-refractivity contribution in [2.75, 3.05) is 19.6 Å². The number of hydrogen-bond acceptors (Lipinski definition) is 4. The minimum atomic E-state index is -4.72. The van der Waals surface area contributed by atoms with Gasteiger partial charge in [-0.15, -0.1) is 0 Å². The van der Waals surface area contributed by atoms with E-state index in [2.05, 4.69) is 10.3 Å². The number of halogens is 6. The number of ketones is 1. The Kier molecular flexibility index (Phi) is 8.16.